The second kappa shape index (κ2) is 7.09. The molecule has 0 saturated carbocycles. The summed E-state index contributed by atoms with van der Waals surface area (Å²) in [6.45, 7) is 1.31. The average molecular weight is 331 g/mol. The summed E-state index contributed by atoms with van der Waals surface area (Å²) in [6.07, 6.45) is 2.86. The number of carbonyl (C=O) groups excluding carboxylic acids is 1. The maximum atomic E-state index is 12.5. The van der Waals surface area contributed by atoms with Crippen LogP contribution in [-0.4, -0.2) is 34.7 Å². The molecule has 1 aromatic carbocycles. The molecule has 0 spiro atoms. The highest BCUT2D eigenvalue weighted by Crippen LogP contribution is 2.25. The molecule has 1 fully saturated rings. The topological polar surface area (TPSA) is 63.4 Å². The predicted octanol–water partition coefficient (Wildman–Crippen LogP) is 3.73. The minimum Gasteiger partial charge on any atom is -0.338 e. The number of nitrogens with zero attached hydrogens (tertiary/aromatic N) is 2. The van der Waals surface area contributed by atoms with E-state index in [0.29, 0.717) is 24.9 Å². The number of piperidine rings is 1. The first-order chi connectivity index (χ1) is 10.0. The van der Waals surface area contributed by atoms with Crippen molar-refractivity contribution < 1.29 is 9.72 Å². The van der Waals surface area contributed by atoms with Crippen LogP contribution >= 0.6 is 23.2 Å². The van der Waals surface area contributed by atoms with Crippen LogP contribution in [0.15, 0.2) is 18.2 Å². The number of hydrogen-bond donors (Lipinski definition) is 0. The second-order valence-electron chi connectivity index (χ2n) is 5.19. The maximum absolute atomic E-state index is 12.5. The molecule has 21 heavy (non-hydrogen) atoms. The number of amides is 1. The van der Waals surface area contributed by atoms with Crippen LogP contribution in [0.4, 0.5) is 5.69 Å². The Morgan fingerprint density at radius 2 is 2.19 bits per heavy atom. The van der Waals surface area contributed by atoms with Crippen molar-refractivity contribution in [2.75, 3.05) is 19.0 Å². The van der Waals surface area contributed by atoms with Gasteiger partial charge in [-0.3, -0.25) is 14.9 Å². The van der Waals surface area contributed by atoms with Gasteiger partial charge in [0.05, 0.1) is 4.92 Å². The second-order valence-corrected chi connectivity index (χ2v) is 6.01. The van der Waals surface area contributed by atoms with Gasteiger partial charge >= 0.3 is 0 Å². The lowest BCUT2D eigenvalue weighted by molar-refractivity contribution is -0.384. The molecule has 1 aromatic rings. The van der Waals surface area contributed by atoms with Gasteiger partial charge in [-0.1, -0.05) is 11.6 Å². The number of non-ortho nitro benzene ring substituents is 1. The maximum Gasteiger partial charge on any atom is 0.271 e. The third-order valence-corrected chi connectivity index (χ3v) is 4.10. The van der Waals surface area contributed by atoms with Gasteiger partial charge in [0.1, 0.15) is 0 Å². The Hall–Kier alpha value is -1.33. The van der Waals surface area contributed by atoms with E-state index in [0.717, 1.165) is 19.3 Å². The smallest absolute Gasteiger partial charge is 0.271 e. The molecule has 1 amide bonds. The molecule has 1 aliphatic heterocycles. The predicted molar refractivity (Wildman–Crippen MR) is 82.1 cm³/mol. The van der Waals surface area contributed by atoms with Gasteiger partial charge in [-0.05, 0) is 31.2 Å². The van der Waals surface area contributed by atoms with Crippen LogP contribution in [0.2, 0.25) is 5.02 Å². The third kappa shape index (κ3) is 4.08. The summed E-state index contributed by atoms with van der Waals surface area (Å²) >= 11 is 11.6. The van der Waals surface area contributed by atoms with Gasteiger partial charge in [0, 0.05) is 41.7 Å². The fraction of sp³-hybridized carbons (Fsp3) is 0.500. The van der Waals surface area contributed by atoms with E-state index in [1.54, 1.807) is 4.90 Å². The molecule has 1 unspecified atom stereocenters. The lowest BCUT2D eigenvalue weighted by Crippen LogP contribution is -2.40. The van der Waals surface area contributed by atoms with Crippen molar-refractivity contribution in [2.45, 2.75) is 19.3 Å². The highest BCUT2D eigenvalue weighted by atomic mass is 35.5. The zero-order valence-electron chi connectivity index (χ0n) is 11.4. The zero-order chi connectivity index (χ0) is 15.4. The largest absolute Gasteiger partial charge is 0.338 e. The van der Waals surface area contributed by atoms with Crippen molar-refractivity contribution in [3.63, 3.8) is 0 Å². The minimum atomic E-state index is -0.546. The van der Waals surface area contributed by atoms with Crippen molar-refractivity contribution >= 4 is 34.8 Å². The molecule has 1 heterocycles. The summed E-state index contributed by atoms with van der Waals surface area (Å²) in [6, 6.07) is 3.99. The number of halogens is 2. The molecule has 2 rings (SSSR count). The number of likely N-dealkylation sites (tertiary alicyclic amines) is 1. The molecular weight excluding hydrogens is 315 g/mol. The summed E-state index contributed by atoms with van der Waals surface area (Å²) in [7, 11) is 0. The number of hydrogen-bond acceptors (Lipinski definition) is 3. The highest BCUT2D eigenvalue weighted by Gasteiger charge is 2.25. The van der Waals surface area contributed by atoms with Gasteiger partial charge in [-0.25, -0.2) is 0 Å². The quantitative estimate of drug-likeness (QED) is 0.480. The molecule has 0 aliphatic carbocycles. The standard InChI is InChI=1S/C14H16Cl2N2O3/c15-4-3-10-2-1-5-17(9-10)14(19)11-6-12(16)8-13(7-11)18(20)21/h6-8,10H,1-5,9H2. The van der Waals surface area contributed by atoms with Crippen molar-refractivity contribution in [2.24, 2.45) is 5.92 Å². The van der Waals surface area contributed by atoms with Crippen molar-refractivity contribution in [1.29, 1.82) is 0 Å². The van der Waals surface area contributed by atoms with Gasteiger partial charge in [0.25, 0.3) is 11.6 Å². The van der Waals surface area contributed by atoms with Gasteiger partial charge in [-0.2, -0.15) is 0 Å². The molecule has 1 atom stereocenters. The van der Waals surface area contributed by atoms with Crippen LogP contribution in [0, 0.1) is 16.0 Å². The van der Waals surface area contributed by atoms with Crippen LogP contribution in [0.5, 0.6) is 0 Å². The van der Waals surface area contributed by atoms with Crippen molar-refractivity contribution in [1.82, 2.24) is 4.90 Å². The molecule has 7 heteroatoms. The molecule has 1 aliphatic rings. The Morgan fingerprint density at radius 3 is 2.86 bits per heavy atom. The summed E-state index contributed by atoms with van der Waals surface area (Å²) in [4.78, 5) is 24.5. The lowest BCUT2D eigenvalue weighted by Gasteiger charge is -2.32. The Bertz CT molecular complexity index is 549. The van der Waals surface area contributed by atoms with Crippen molar-refractivity contribution in [3.05, 3.63) is 38.9 Å². The molecule has 0 radical (unpaired) electrons. The summed E-state index contributed by atoms with van der Waals surface area (Å²) in [5.41, 5.74) is 0.0980. The molecular formula is C14H16Cl2N2O3. The average Bonchev–Trinajstić information content (AvgIpc) is 2.46. The van der Waals surface area contributed by atoms with Crippen LogP contribution in [0.3, 0.4) is 0 Å². The lowest BCUT2D eigenvalue weighted by atomic mass is 9.95. The van der Waals surface area contributed by atoms with Gasteiger partial charge in [-0.15, -0.1) is 11.6 Å². The first-order valence-electron chi connectivity index (χ1n) is 6.81. The van der Waals surface area contributed by atoms with E-state index in [2.05, 4.69) is 0 Å². The van der Waals surface area contributed by atoms with E-state index in [1.807, 2.05) is 0 Å². The number of carbonyl (C=O) groups is 1. The van der Waals surface area contributed by atoms with E-state index in [1.165, 1.54) is 18.2 Å². The molecule has 1 saturated heterocycles. The Labute approximate surface area is 133 Å². The molecule has 0 N–H and O–H groups in total. The van der Waals surface area contributed by atoms with E-state index in [4.69, 9.17) is 23.2 Å². The van der Waals surface area contributed by atoms with Gasteiger partial charge < -0.3 is 4.90 Å². The highest BCUT2D eigenvalue weighted by molar-refractivity contribution is 6.31. The molecule has 5 nitrogen and oxygen atoms in total. The van der Waals surface area contributed by atoms with Crippen LogP contribution in [-0.2, 0) is 0 Å². The molecule has 0 bridgehead atoms. The SMILES string of the molecule is O=C(c1cc(Cl)cc([N+](=O)[O-])c1)N1CCCC(CCCl)C1. The number of rotatable bonds is 4. The summed E-state index contributed by atoms with van der Waals surface area (Å²) in [5.74, 6) is 0.768. The van der Waals surface area contributed by atoms with Crippen LogP contribution in [0.1, 0.15) is 29.6 Å². The molecule has 114 valence electrons. The minimum absolute atomic E-state index is 0.167. The van der Waals surface area contributed by atoms with E-state index in [9.17, 15) is 14.9 Å². The number of alkyl halides is 1. The zero-order valence-corrected chi connectivity index (χ0v) is 12.9. The fourth-order valence-corrected chi connectivity index (χ4v) is 3.16. The third-order valence-electron chi connectivity index (χ3n) is 3.66. The van der Waals surface area contributed by atoms with Crippen LogP contribution < -0.4 is 0 Å². The van der Waals surface area contributed by atoms with Gasteiger partial charge in [0.15, 0.2) is 0 Å². The monoisotopic (exact) mass is 330 g/mol. The number of nitro benzene ring substituents is 1. The number of benzene rings is 1. The summed E-state index contributed by atoms with van der Waals surface area (Å²) < 4.78 is 0. The Kier molecular flexibility index (Phi) is 5.42. The first kappa shape index (κ1) is 16.0. The summed E-state index contributed by atoms with van der Waals surface area (Å²) in [5, 5.41) is 11.0. The van der Waals surface area contributed by atoms with E-state index >= 15 is 0 Å². The fourth-order valence-electron chi connectivity index (χ4n) is 2.63. The van der Waals surface area contributed by atoms with Gasteiger partial charge in [0.2, 0.25) is 0 Å². The molecule has 0 aromatic heterocycles. The number of nitro groups is 1. The first-order valence-corrected chi connectivity index (χ1v) is 7.72. The Morgan fingerprint density at radius 1 is 1.43 bits per heavy atom. The van der Waals surface area contributed by atoms with E-state index in [-0.39, 0.29) is 22.2 Å². The van der Waals surface area contributed by atoms with E-state index < -0.39 is 4.92 Å². The normalized spacial score (nSPS) is 18.6. The van der Waals surface area contributed by atoms with Crippen molar-refractivity contribution in [3.8, 4) is 0 Å². The van der Waals surface area contributed by atoms with Crippen LogP contribution in [0.25, 0.3) is 0 Å². The Balaban J connectivity index is 2.17.